The first-order valence-electron chi connectivity index (χ1n) is 11.1. The highest BCUT2D eigenvalue weighted by Crippen LogP contribution is 2.24. The minimum Gasteiger partial charge on any atom is -0.497 e. The Labute approximate surface area is 197 Å². The molecule has 3 heterocycles. The smallest absolute Gasteiger partial charge is 0.276 e. The number of benzene rings is 2. The number of imidazole rings is 1. The molecule has 34 heavy (non-hydrogen) atoms. The van der Waals surface area contributed by atoms with E-state index in [2.05, 4.69) is 14.9 Å². The number of amides is 2. The molecule has 0 bridgehead atoms. The first-order chi connectivity index (χ1) is 16.6. The summed E-state index contributed by atoms with van der Waals surface area (Å²) in [6, 6.07) is 20.7. The van der Waals surface area contributed by atoms with Gasteiger partial charge in [-0.3, -0.25) is 9.59 Å². The summed E-state index contributed by atoms with van der Waals surface area (Å²) >= 11 is 0. The molecule has 0 saturated carbocycles. The van der Waals surface area contributed by atoms with E-state index in [0.717, 1.165) is 17.1 Å². The van der Waals surface area contributed by atoms with Gasteiger partial charge in [0.25, 0.3) is 11.8 Å². The van der Waals surface area contributed by atoms with Gasteiger partial charge >= 0.3 is 0 Å². The van der Waals surface area contributed by atoms with Crippen LogP contribution in [0.5, 0.6) is 5.75 Å². The number of hydrogen-bond donors (Lipinski definition) is 2. The Morgan fingerprint density at radius 1 is 1.03 bits per heavy atom. The van der Waals surface area contributed by atoms with E-state index in [1.807, 2.05) is 30.3 Å². The number of aromatic amines is 1. The van der Waals surface area contributed by atoms with Gasteiger partial charge in [-0.05, 0) is 42.0 Å². The van der Waals surface area contributed by atoms with Gasteiger partial charge in [-0.1, -0.05) is 30.3 Å². The number of hydrogen-bond acceptors (Lipinski definition) is 4. The van der Waals surface area contributed by atoms with Crippen molar-refractivity contribution in [3.63, 3.8) is 0 Å². The molecule has 2 amide bonds. The molecule has 0 unspecified atom stereocenters. The highest BCUT2D eigenvalue weighted by molar-refractivity contribution is 6.04. The molecule has 2 N–H and O–H groups in total. The van der Waals surface area contributed by atoms with E-state index in [1.54, 1.807) is 54.6 Å². The average Bonchev–Trinajstić information content (AvgIpc) is 3.53. The van der Waals surface area contributed by atoms with Crippen molar-refractivity contribution in [1.29, 1.82) is 0 Å². The Morgan fingerprint density at radius 3 is 2.53 bits per heavy atom. The maximum atomic E-state index is 13.3. The van der Waals surface area contributed by atoms with Crippen LogP contribution in [-0.2, 0) is 19.5 Å². The van der Waals surface area contributed by atoms with Crippen molar-refractivity contribution >= 4 is 17.5 Å². The van der Waals surface area contributed by atoms with E-state index in [0.29, 0.717) is 48.9 Å². The molecule has 5 rings (SSSR count). The van der Waals surface area contributed by atoms with E-state index in [9.17, 15) is 9.59 Å². The third-order valence-electron chi connectivity index (χ3n) is 5.97. The van der Waals surface area contributed by atoms with Crippen LogP contribution < -0.4 is 10.1 Å². The summed E-state index contributed by atoms with van der Waals surface area (Å²) in [6.07, 6.45) is 2.33. The molecular formula is C26H25N5O3. The third kappa shape index (κ3) is 4.30. The van der Waals surface area contributed by atoms with Gasteiger partial charge in [0.2, 0.25) is 0 Å². The first-order valence-corrected chi connectivity index (χ1v) is 11.1. The zero-order chi connectivity index (χ0) is 23.5. The van der Waals surface area contributed by atoms with Crippen LogP contribution in [0.3, 0.4) is 0 Å². The number of H-pyrrole nitrogens is 1. The Hall–Kier alpha value is -4.33. The SMILES string of the molecule is COc1ccc(NC(=O)c2nc(Cc3ccccc3)n3c2CN(C(=O)c2ccc[nH]2)CC3)cc1. The van der Waals surface area contributed by atoms with Crippen LogP contribution in [0.15, 0.2) is 72.9 Å². The maximum Gasteiger partial charge on any atom is 0.276 e. The van der Waals surface area contributed by atoms with Gasteiger partial charge in [-0.2, -0.15) is 0 Å². The Balaban J connectivity index is 1.46. The molecule has 8 nitrogen and oxygen atoms in total. The lowest BCUT2D eigenvalue weighted by Gasteiger charge is -2.29. The normalized spacial score (nSPS) is 12.8. The van der Waals surface area contributed by atoms with Gasteiger partial charge in [-0.25, -0.2) is 4.98 Å². The van der Waals surface area contributed by atoms with E-state index in [1.165, 1.54) is 0 Å². The summed E-state index contributed by atoms with van der Waals surface area (Å²) < 4.78 is 7.27. The second-order valence-electron chi connectivity index (χ2n) is 8.13. The molecule has 2 aromatic heterocycles. The van der Waals surface area contributed by atoms with Gasteiger partial charge in [0.1, 0.15) is 17.3 Å². The van der Waals surface area contributed by atoms with Crippen molar-refractivity contribution in [2.45, 2.75) is 19.5 Å². The van der Waals surface area contributed by atoms with Crippen LogP contribution in [0.4, 0.5) is 5.69 Å². The number of anilines is 1. The van der Waals surface area contributed by atoms with Crippen LogP contribution in [0.1, 0.15) is 38.1 Å². The zero-order valence-corrected chi connectivity index (χ0v) is 18.8. The Bertz CT molecular complexity index is 1290. The van der Waals surface area contributed by atoms with Crippen molar-refractivity contribution in [3.05, 3.63) is 101 Å². The van der Waals surface area contributed by atoms with E-state index in [-0.39, 0.29) is 11.8 Å². The van der Waals surface area contributed by atoms with Crippen molar-refractivity contribution < 1.29 is 14.3 Å². The first kappa shape index (κ1) is 21.5. The van der Waals surface area contributed by atoms with Crippen molar-refractivity contribution in [1.82, 2.24) is 19.4 Å². The summed E-state index contributed by atoms with van der Waals surface area (Å²) in [6.45, 7) is 1.43. The number of ether oxygens (including phenoxy) is 1. The molecule has 4 aromatic rings. The van der Waals surface area contributed by atoms with Crippen molar-refractivity contribution in [2.75, 3.05) is 19.0 Å². The zero-order valence-electron chi connectivity index (χ0n) is 18.8. The fourth-order valence-corrected chi connectivity index (χ4v) is 4.21. The number of nitrogens with zero attached hydrogens (tertiary/aromatic N) is 3. The van der Waals surface area contributed by atoms with Crippen LogP contribution in [0, 0.1) is 0 Å². The quantitative estimate of drug-likeness (QED) is 0.464. The number of carbonyl (C=O) groups is 2. The third-order valence-corrected chi connectivity index (χ3v) is 5.97. The van der Waals surface area contributed by atoms with Gasteiger partial charge in [-0.15, -0.1) is 0 Å². The number of carbonyl (C=O) groups excluding carboxylic acids is 2. The van der Waals surface area contributed by atoms with Crippen molar-refractivity contribution in [2.24, 2.45) is 0 Å². The second kappa shape index (κ2) is 9.27. The van der Waals surface area contributed by atoms with E-state index in [4.69, 9.17) is 9.72 Å². The number of nitrogens with one attached hydrogen (secondary N) is 2. The Kier molecular flexibility index (Phi) is 5.86. The molecule has 0 atom stereocenters. The second-order valence-corrected chi connectivity index (χ2v) is 8.13. The molecule has 8 heteroatoms. The molecule has 2 aromatic carbocycles. The summed E-state index contributed by atoms with van der Waals surface area (Å²) in [7, 11) is 1.60. The monoisotopic (exact) mass is 455 g/mol. The summed E-state index contributed by atoms with van der Waals surface area (Å²) in [4.78, 5) is 35.7. The minimum atomic E-state index is -0.303. The average molecular weight is 456 g/mol. The summed E-state index contributed by atoms with van der Waals surface area (Å²) in [5, 5.41) is 2.93. The largest absolute Gasteiger partial charge is 0.497 e. The molecule has 0 spiro atoms. The summed E-state index contributed by atoms with van der Waals surface area (Å²) in [5.74, 6) is 1.13. The fraction of sp³-hybridized carbons (Fsp3) is 0.192. The standard InChI is InChI=1S/C26H25N5O3/c1-34-20-11-9-19(10-12-20)28-25(32)24-22-17-30(26(33)21-8-5-13-27-21)14-15-31(22)23(29-24)16-18-6-3-2-4-7-18/h2-13,27H,14-17H2,1H3,(H,28,32). The lowest BCUT2D eigenvalue weighted by Crippen LogP contribution is -2.39. The van der Waals surface area contributed by atoms with Crippen LogP contribution in [0.2, 0.25) is 0 Å². The number of methoxy groups -OCH3 is 1. The van der Waals surface area contributed by atoms with E-state index < -0.39 is 0 Å². The van der Waals surface area contributed by atoms with Gasteiger partial charge in [0.05, 0.1) is 19.3 Å². The minimum absolute atomic E-state index is 0.0939. The molecule has 1 aliphatic rings. The van der Waals surface area contributed by atoms with E-state index >= 15 is 0 Å². The van der Waals surface area contributed by atoms with Crippen LogP contribution in [-0.4, -0.2) is 44.9 Å². The molecule has 0 fully saturated rings. The molecule has 0 saturated heterocycles. The predicted molar refractivity (Wildman–Crippen MR) is 128 cm³/mol. The highest BCUT2D eigenvalue weighted by Gasteiger charge is 2.30. The van der Waals surface area contributed by atoms with Gasteiger partial charge in [0.15, 0.2) is 5.69 Å². The topological polar surface area (TPSA) is 92.2 Å². The highest BCUT2D eigenvalue weighted by atomic mass is 16.5. The van der Waals surface area contributed by atoms with Gasteiger partial charge in [0, 0.05) is 31.4 Å². The maximum absolute atomic E-state index is 13.3. The Morgan fingerprint density at radius 2 is 1.82 bits per heavy atom. The number of rotatable bonds is 6. The molecule has 0 radical (unpaired) electrons. The molecular weight excluding hydrogens is 430 g/mol. The molecule has 0 aliphatic carbocycles. The summed E-state index contributed by atoms with van der Waals surface area (Å²) in [5.41, 5.74) is 3.37. The lowest BCUT2D eigenvalue weighted by molar-refractivity contribution is 0.0702. The molecule has 1 aliphatic heterocycles. The van der Waals surface area contributed by atoms with Crippen LogP contribution in [0.25, 0.3) is 0 Å². The fourth-order valence-electron chi connectivity index (χ4n) is 4.21. The number of aromatic nitrogens is 3. The van der Waals surface area contributed by atoms with Crippen LogP contribution >= 0.6 is 0 Å². The van der Waals surface area contributed by atoms with Crippen molar-refractivity contribution in [3.8, 4) is 5.75 Å². The lowest BCUT2D eigenvalue weighted by atomic mass is 10.1. The number of fused-ring (bicyclic) bond motifs is 1. The van der Waals surface area contributed by atoms with Gasteiger partial charge < -0.3 is 24.5 Å². The predicted octanol–water partition coefficient (Wildman–Crippen LogP) is 3.72. The molecule has 172 valence electrons.